The second-order valence-corrected chi connectivity index (χ2v) is 34.1. The molecule has 1 aliphatic heterocycles. The van der Waals surface area contributed by atoms with Crippen LogP contribution >= 0.6 is 0 Å². The highest BCUT2D eigenvalue weighted by molar-refractivity contribution is 7.67. The Labute approximate surface area is 97.7 Å². The van der Waals surface area contributed by atoms with Crippen molar-refractivity contribution >= 4 is 22.5 Å². The number of hydrogen-bond acceptors (Lipinski definition) is 2. The summed E-state index contributed by atoms with van der Waals surface area (Å²) in [5.41, 5.74) is 0. The van der Waals surface area contributed by atoms with Gasteiger partial charge in [-0.2, -0.15) is 0 Å². The van der Waals surface area contributed by atoms with E-state index in [1.54, 1.807) is 0 Å². The minimum absolute atomic E-state index is 0.397. The average Bonchev–Trinajstić information content (AvgIpc) is 1.99. The smallest absolute Gasteiger partial charge is 0.173 e. The van der Waals surface area contributed by atoms with Crippen LogP contribution in [0.2, 0.25) is 45.3 Å². The van der Waals surface area contributed by atoms with Crippen molar-refractivity contribution < 1.29 is 4.43 Å². The van der Waals surface area contributed by atoms with Gasteiger partial charge in [-0.15, -0.1) is 0 Å². The zero-order valence-electron chi connectivity index (χ0n) is 11.6. The fourth-order valence-corrected chi connectivity index (χ4v) is 31.6. The van der Waals surface area contributed by atoms with Crippen LogP contribution in [0.1, 0.15) is 0 Å². The van der Waals surface area contributed by atoms with Crippen molar-refractivity contribution in [2.45, 2.75) is 51.6 Å². The lowest BCUT2D eigenvalue weighted by molar-refractivity contribution is 0.0744. The third-order valence-electron chi connectivity index (χ3n) is 4.89. The Bertz CT molecular complexity index is 231. The van der Waals surface area contributed by atoms with E-state index in [1.165, 1.54) is 6.04 Å². The molecule has 1 heterocycles. The summed E-state index contributed by atoms with van der Waals surface area (Å²) in [6.45, 7) is 15.2. The van der Waals surface area contributed by atoms with Crippen molar-refractivity contribution in [1.29, 1.82) is 0 Å². The Morgan fingerprint density at radius 1 is 1.00 bits per heavy atom. The molecule has 5 heteroatoms. The Hall–Kier alpha value is 0.571. The number of nitrogens with zero attached hydrogens (tertiary/aromatic N) is 1. The van der Waals surface area contributed by atoms with Crippen LogP contribution in [0.15, 0.2) is 0 Å². The summed E-state index contributed by atoms with van der Waals surface area (Å²) in [7, 11) is 0.734. The van der Waals surface area contributed by atoms with Crippen LogP contribution in [0, 0.1) is 0 Å². The van der Waals surface area contributed by atoms with Crippen LogP contribution in [0.5, 0.6) is 0 Å². The molecule has 0 bridgehead atoms. The predicted molar refractivity (Wildman–Crippen MR) is 75.8 cm³/mol. The molecule has 0 amide bonds. The molecule has 0 aromatic carbocycles. The Kier molecular flexibility index (Phi) is 3.45. The maximum Gasteiger partial charge on any atom is 0.173 e. The van der Waals surface area contributed by atoms with Crippen molar-refractivity contribution in [3.8, 4) is 0 Å². The molecule has 0 N–H and O–H groups in total. The fraction of sp³-hybridized carbons (Fsp3) is 1.00. The van der Waals surface area contributed by atoms with Crippen LogP contribution in [-0.4, -0.2) is 47.8 Å². The van der Waals surface area contributed by atoms with Crippen molar-refractivity contribution in [3.05, 3.63) is 0 Å². The minimum Gasteiger partial charge on any atom is -0.405 e. The normalized spacial score (nSPS) is 33.0. The molecule has 0 spiro atoms. The summed E-state index contributed by atoms with van der Waals surface area (Å²) in [4.78, 5) is 2.27. The summed E-state index contributed by atoms with van der Waals surface area (Å²) >= 11 is 0. The topological polar surface area (TPSA) is 12.5 Å². The highest BCUT2D eigenvalue weighted by Gasteiger charge is 2.58. The lowest BCUT2D eigenvalue weighted by atomic mass is 10.6. The first-order chi connectivity index (χ1) is 6.51. The maximum absolute atomic E-state index is 6.45. The van der Waals surface area contributed by atoms with Gasteiger partial charge in [-0.1, -0.05) is 26.2 Å². The molecular weight excluding hydrogens is 234 g/mol. The first-order valence-electron chi connectivity index (χ1n) is 5.85. The lowest BCUT2D eigenvalue weighted by Gasteiger charge is -2.55. The van der Waals surface area contributed by atoms with E-state index in [9.17, 15) is 0 Å². The van der Waals surface area contributed by atoms with E-state index in [0.717, 1.165) is 0 Å². The Balaban J connectivity index is 3.02. The molecular formula is C10H27NOSi3. The molecule has 1 fully saturated rings. The summed E-state index contributed by atoms with van der Waals surface area (Å²) in [5.74, 6) is 0. The summed E-state index contributed by atoms with van der Waals surface area (Å²) in [5, 5.41) is 0. The highest BCUT2D eigenvalue weighted by Crippen LogP contribution is 2.39. The molecule has 1 rings (SSSR count). The first kappa shape index (κ1) is 13.6. The summed E-state index contributed by atoms with van der Waals surface area (Å²) < 4.78 is 6.45. The van der Waals surface area contributed by atoms with Gasteiger partial charge < -0.3 is 4.43 Å². The van der Waals surface area contributed by atoms with Gasteiger partial charge in [0.25, 0.3) is 0 Å². The molecule has 1 unspecified atom stereocenters. The van der Waals surface area contributed by atoms with E-state index in [1.807, 2.05) is 0 Å². The molecule has 0 radical (unpaired) electrons. The third-order valence-corrected chi connectivity index (χ3v) is 45.2. The monoisotopic (exact) mass is 261 g/mol. The van der Waals surface area contributed by atoms with E-state index >= 15 is 0 Å². The van der Waals surface area contributed by atoms with Crippen LogP contribution in [0.4, 0.5) is 0 Å². The molecule has 0 aliphatic carbocycles. The van der Waals surface area contributed by atoms with Crippen LogP contribution in [0.25, 0.3) is 0 Å². The summed E-state index contributed by atoms with van der Waals surface area (Å²) in [6.07, 6.45) is 0.397. The van der Waals surface area contributed by atoms with Gasteiger partial charge in [0.1, 0.15) is 0 Å². The van der Waals surface area contributed by atoms with Gasteiger partial charge in [0.15, 0.2) is 7.83 Å². The van der Waals surface area contributed by atoms with E-state index < -0.39 is 22.5 Å². The summed E-state index contributed by atoms with van der Waals surface area (Å²) in [6, 6.07) is 1.33. The Morgan fingerprint density at radius 2 is 1.47 bits per heavy atom. The SMILES string of the molecule is CN(C)C1C[Si](C)(C)[Si](C)(C)[Si](C)(C)O1. The predicted octanol–water partition coefficient (Wildman–Crippen LogP) is 2.68. The minimum atomic E-state index is -1.42. The van der Waals surface area contributed by atoms with Gasteiger partial charge in [-0.3, -0.25) is 4.90 Å². The Morgan fingerprint density at radius 3 is 1.80 bits per heavy atom. The number of rotatable bonds is 1. The van der Waals surface area contributed by atoms with Gasteiger partial charge in [0, 0.05) is 7.59 Å². The highest BCUT2D eigenvalue weighted by atomic mass is 29.6. The van der Waals surface area contributed by atoms with E-state index in [0.29, 0.717) is 6.23 Å². The van der Waals surface area contributed by atoms with E-state index in [-0.39, 0.29) is 0 Å². The molecule has 15 heavy (non-hydrogen) atoms. The molecule has 1 atom stereocenters. The van der Waals surface area contributed by atoms with Gasteiger partial charge in [0.2, 0.25) is 0 Å². The average molecular weight is 262 g/mol. The van der Waals surface area contributed by atoms with Crippen LogP contribution < -0.4 is 0 Å². The first-order valence-corrected chi connectivity index (χ1v) is 17.0. The second kappa shape index (κ2) is 3.80. The molecule has 1 saturated heterocycles. The van der Waals surface area contributed by atoms with E-state index in [2.05, 4.69) is 58.3 Å². The van der Waals surface area contributed by atoms with Crippen LogP contribution in [0.3, 0.4) is 0 Å². The molecule has 2 nitrogen and oxygen atoms in total. The van der Waals surface area contributed by atoms with Crippen LogP contribution in [-0.2, 0) is 4.43 Å². The zero-order valence-corrected chi connectivity index (χ0v) is 14.6. The standard InChI is InChI=1S/C10H27NOSi3/c1-11(2)10-9-13(3,4)15(7,8)14(5,6)12-10/h10H,9H2,1-8H3. The molecule has 0 aromatic rings. The molecule has 0 saturated carbocycles. The van der Waals surface area contributed by atoms with Crippen molar-refractivity contribution in [2.24, 2.45) is 0 Å². The largest absolute Gasteiger partial charge is 0.405 e. The van der Waals surface area contributed by atoms with Gasteiger partial charge >= 0.3 is 0 Å². The maximum atomic E-state index is 6.45. The van der Waals surface area contributed by atoms with Crippen molar-refractivity contribution in [3.63, 3.8) is 0 Å². The second-order valence-electron chi connectivity index (χ2n) is 6.76. The molecule has 90 valence electrons. The van der Waals surface area contributed by atoms with Gasteiger partial charge in [-0.25, -0.2) is 0 Å². The van der Waals surface area contributed by atoms with Gasteiger partial charge in [0.05, 0.1) is 13.3 Å². The fourth-order valence-electron chi connectivity index (χ4n) is 2.32. The third kappa shape index (κ3) is 2.17. The lowest BCUT2D eigenvalue weighted by Crippen LogP contribution is -2.77. The molecule has 1 aliphatic rings. The van der Waals surface area contributed by atoms with Crippen molar-refractivity contribution in [2.75, 3.05) is 14.1 Å². The number of hydrogen-bond donors (Lipinski definition) is 0. The quantitative estimate of drug-likeness (QED) is 0.673. The van der Waals surface area contributed by atoms with Crippen molar-refractivity contribution in [1.82, 2.24) is 4.90 Å². The van der Waals surface area contributed by atoms with E-state index in [4.69, 9.17) is 4.43 Å². The molecule has 0 aromatic heterocycles. The zero-order chi connectivity index (χ0) is 12.1. The van der Waals surface area contributed by atoms with Gasteiger partial charge in [-0.05, 0) is 33.2 Å².